The number of nitrogens with zero attached hydrogens (tertiary/aromatic N) is 4. The molecule has 2 bridgehead atoms. The van der Waals surface area contributed by atoms with Crippen molar-refractivity contribution in [2.45, 2.75) is 69.1 Å². The first-order valence-corrected chi connectivity index (χ1v) is 12.1. The van der Waals surface area contributed by atoms with Gasteiger partial charge in [0.05, 0.1) is 24.0 Å². The van der Waals surface area contributed by atoms with E-state index in [4.69, 9.17) is 14.5 Å². The Morgan fingerprint density at radius 3 is 2.80 bits per heavy atom. The fraction of sp³-hybridized carbons (Fsp3) is 0.520. The number of hydrogen-bond acceptors (Lipinski definition) is 6. The average Bonchev–Trinajstić information content (AvgIpc) is 3.32. The Bertz CT molecular complexity index is 1370. The SMILES string of the molecule is CC(C)Oc1nc2nc([C@@]34CC[C@@](CF)(C3)OC4)cn2cc1C(=O)Nc1cccn(C2CC2)c1=O. The molecule has 0 radical (unpaired) electrons. The van der Waals surface area contributed by atoms with E-state index in [1.54, 1.807) is 33.5 Å². The number of nitrogens with one attached hydrogen (secondary N) is 1. The number of carbonyl (C=O) groups is 1. The van der Waals surface area contributed by atoms with Gasteiger partial charge in [0, 0.05) is 30.0 Å². The summed E-state index contributed by atoms with van der Waals surface area (Å²) >= 11 is 0. The number of fused-ring (bicyclic) bond motifs is 3. The minimum Gasteiger partial charge on any atom is -0.474 e. The summed E-state index contributed by atoms with van der Waals surface area (Å²) in [5.74, 6) is 0.0444. The molecule has 3 aliphatic rings. The quantitative estimate of drug-likeness (QED) is 0.555. The van der Waals surface area contributed by atoms with Crippen LogP contribution in [0.1, 0.15) is 68.0 Å². The molecule has 35 heavy (non-hydrogen) atoms. The van der Waals surface area contributed by atoms with Gasteiger partial charge >= 0.3 is 0 Å². The maximum Gasteiger partial charge on any atom is 0.274 e. The second-order valence-corrected chi connectivity index (χ2v) is 10.3. The molecule has 0 spiro atoms. The van der Waals surface area contributed by atoms with Crippen LogP contribution >= 0.6 is 0 Å². The standard InChI is InChI=1S/C25H28FN5O4/c1-15(2)35-21-17(20(32)27-18-4-3-9-31(22(18)33)16-5-6-16)10-30-11-19(28-23(30)29-21)24-7-8-25(12-24,13-26)34-14-24/h3-4,9-11,15-16H,5-8,12-14H2,1-2H3,(H,27,32)/t24-,25-/m0/s1. The van der Waals surface area contributed by atoms with Gasteiger partial charge in [0.15, 0.2) is 0 Å². The Morgan fingerprint density at radius 2 is 2.14 bits per heavy atom. The van der Waals surface area contributed by atoms with Gasteiger partial charge in [0.1, 0.15) is 17.9 Å². The van der Waals surface area contributed by atoms with Crippen molar-refractivity contribution in [3.63, 3.8) is 0 Å². The molecule has 2 atom stereocenters. The zero-order chi connectivity index (χ0) is 24.4. The molecule has 1 aliphatic heterocycles. The number of halogens is 1. The van der Waals surface area contributed by atoms with Crippen molar-refractivity contribution in [2.75, 3.05) is 18.6 Å². The number of imidazole rings is 1. The minimum atomic E-state index is -0.705. The van der Waals surface area contributed by atoms with Crippen LogP contribution in [0.3, 0.4) is 0 Å². The molecule has 1 N–H and O–H groups in total. The Morgan fingerprint density at radius 1 is 1.31 bits per heavy atom. The van der Waals surface area contributed by atoms with E-state index in [9.17, 15) is 14.0 Å². The van der Waals surface area contributed by atoms with Crippen LogP contribution in [0.4, 0.5) is 10.1 Å². The maximum absolute atomic E-state index is 13.6. The lowest BCUT2D eigenvalue weighted by Gasteiger charge is -2.25. The fourth-order valence-electron chi connectivity index (χ4n) is 5.31. The number of amides is 1. The fourth-order valence-corrected chi connectivity index (χ4v) is 5.31. The number of alkyl halides is 1. The zero-order valence-electron chi connectivity index (χ0n) is 19.8. The van der Waals surface area contributed by atoms with E-state index in [-0.39, 0.29) is 40.3 Å². The van der Waals surface area contributed by atoms with E-state index in [0.29, 0.717) is 25.2 Å². The van der Waals surface area contributed by atoms with E-state index in [2.05, 4.69) is 10.3 Å². The molecule has 0 aromatic carbocycles. The van der Waals surface area contributed by atoms with Crippen molar-refractivity contribution in [1.82, 2.24) is 18.9 Å². The van der Waals surface area contributed by atoms with Gasteiger partial charge in [0.2, 0.25) is 11.7 Å². The van der Waals surface area contributed by atoms with Gasteiger partial charge < -0.3 is 19.4 Å². The molecule has 2 aliphatic carbocycles. The summed E-state index contributed by atoms with van der Waals surface area (Å²) in [5.41, 5.74) is -0.0988. The summed E-state index contributed by atoms with van der Waals surface area (Å²) in [6, 6.07) is 3.55. The van der Waals surface area contributed by atoms with E-state index in [0.717, 1.165) is 25.0 Å². The summed E-state index contributed by atoms with van der Waals surface area (Å²) in [4.78, 5) is 35.4. The predicted octanol–water partition coefficient (Wildman–Crippen LogP) is 3.43. The molecule has 6 rings (SSSR count). The van der Waals surface area contributed by atoms with Crippen molar-refractivity contribution in [1.29, 1.82) is 0 Å². The summed E-state index contributed by atoms with van der Waals surface area (Å²) in [7, 11) is 0. The molecule has 3 aromatic heterocycles. The third-order valence-corrected chi connectivity index (χ3v) is 7.33. The molecule has 1 saturated heterocycles. The Labute approximate surface area is 201 Å². The summed E-state index contributed by atoms with van der Waals surface area (Å²) < 4.78 is 28.6. The highest BCUT2D eigenvalue weighted by atomic mass is 19.1. The Hall–Kier alpha value is -3.27. The second-order valence-electron chi connectivity index (χ2n) is 10.3. The third-order valence-electron chi connectivity index (χ3n) is 7.33. The van der Waals surface area contributed by atoms with Gasteiger partial charge in [-0.3, -0.25) is 14.0 Å². The van der Waals surface area contributed by atoms with Crippen LogP contribution in [0, 0.1) is 0 Å². The molecule has 3 aromatic rings. The minimum absolute atomic E-state index is 0.144. The molecule has 9 nitrogen and oxygen atoms in total. The number of carbonyl (C=O) groups excluding carboxylic acids is 1. The van der Waals surface area contributed by atoms with Gasteiger partial charge in [-0.05, 0) is 58.1 Å². The first-order chi connectivity index (χ1) is 16.8. The van der Waals surface area contributed by atoms with Crippen LogP contribution < -0.4 is 15.6 Å². The zero-order valence-corrected chi connectivity index (χ0v) is 19.8. The normalized spacial score (nSPS) is 25.5. The van der Waals surface area contributed by atoms with Crippen LogP contribution in [0.2, 0.25) is 0 Å². The number of rotatable bonds is 7. The van der Waals surface area contributed by atoms with Gasteiger partial charge in [-0.25, -0.2) is 9.37 Å². The number of anilines is 1. The predicted molar refractivity (Wildman–Crippen MR) is 126 cm³/mol. The van der Waals surface area contributed by atoms with E-state index < -0.39 is 18.2 Å². The van der Waals surface area contributed by atoms with Crippen molar-refractivity contribution in [3.8, 4) is 5.88 Å². The topological polar surface area (TPSA) is 99.8 Å². The van der Waals surface area contributed by atoms with Crippen LogP contribution in [0.15, 0.2) is 35.5 Å². The monoisotopic (exact) mass is 481 g/mol. The van der Waals surface area contributed by atoms with E-state index in [1.807, 2.05) is 20.0 Å². The van der Waals surface area contributed by atoms with E-state index >= 15 is 0 Å². The summed E-state index contributed by atoms with van der Waals surface area (Å²) in [6.07, 6.45) is 8.96. The van der Waals surface area contributed by atoms with Gasteiger partial charge in [-0.15, -0.1) is 0 Å². The van der Waals surface area contributed by atoms with Crippen molar-refractivity contribution in [3.05, 3.63) is 52.3 Å². The van der Waals surface area contributed by atoms with Crippen molar-refractivity contribution < 1.29 is 18.7 Å². The highest BCUT2D eigenvalue weighted by Gasteiger charge is 2.57. The van der Waals surface area contributed by atoms with Gasteiger partial charge in [-0.1, -0.05) is 0 Å². The maximum atomic E-state index is 13.6. The first-order valence-electron chi connectivity index (χ1n) is 12.1. The number of hydrogen-bond donors (Lipinski definition) is 1. The molecule has 0 unspecified atom stereocenters. The van der Waals surface area contributed by atoms with Crippen LogP contribution in [-0.4, -0.2) is 49.8 Å². The Kier molecular flexibility index (Phi) is 5.00. The average molecular weight is 482 g/mol. The van der Waals surface area contributed by atoms with Gasteiger partial charge in [0.25, 0.3) is 11.5 Å². The lowest BCUT2D eigenvalue weighted by molar-refractivity contribution is -0.0356. The molecular formula is C25H28FN5O4. The highest BCUT2D eigenvalue weighted by Crippen LogP contribution is 2.54. The summed E-state index contributed by atoms with van der Waals surface area (Å²) in [5, 5.41) is 2.74. The number of aromatic nitrogens is 4. The van der Waals surface area contributed by atoms with Gasteiger partial charge in [-0.2, -0.15) is 4.98 Å². The molecular weight excluding hydrogens is 453 g/mol. The first kappa shape index (κ1) is 22.2. The molecule has 1 amide bonds. The van der Waals surface area contributed by atoms with Crippen molar-refractivity contribution in [2.24, 2.45) is 0 Å². The van der Waals surface area contributed by atoms with Crippen molar-refractivity contribution >= 4 is 17.4 Å². The highest BCUT2D eigenvalue weighted by molar-refractivity contribution is 6.05. The lowest BCUT2D eigenvalue weighted by Crippen LogP contribution is -2.29. The molecule has 2 saturated carbocycles. The van der Waals surface area contributed by atoms with Crippen LogP contribution in [0.25, 0.3) is 5.78 Å². The number of pyridine rings is 1. The smallest absolute Gasteiger partial charge is 0.274 e. The van der Waals surface area contributed by atoms with Crippen LogP contribution in [0.5, 0.6) is 5.88 Å². The largest absolute Gasteiger partial charge is 0.474 e. The molecule has 10 heteroatoms. The second kappa shape index (κ2) is 7.87. The third kappa shape index (κ3) is 3.71. The van der Waals surface area contributed by atoms with Crippen LogP contribution in [-0.2, 0) is 10.2 Å². The van der Waals surface area contributed by atoms with E-state index in [1.165, 1.54) is 0 Å². The lowest BCUT2D eigenvalue weighted by atomic mass is 9.84. The Balaban J connectivity index is 1.36. The molecule has 184 valence electrons. The number of ether oxygens (including phenoxy) is 2. The molecule has 3 fully saturated rings. The summed E-state index contributed by atoms with van der Waals surface area (Å²) in [6.45, 7) is 3.61. The molecule has 4 heterocycles.